The van der Waals surface area contributed by atoms with Gasteiger partial charge in [-0.2, -0.15) is 0 Å². The first-order chi connectivity index (χ1) is 15.6. The van der Waals surface area contributed by atoms with Crippen LogP contribution in [0.15, 0.2) is 11.8 Å². The van der Waals surface area contributed by atoms with E-state index in [9.17, 15) is 15.3 Å². The highest BCUT2D eigenvalue weighted by atomic mass is 16.7. The van der Waals surface area contributed by atoms with E-state index in [1.54, 1.807) is 14.0 Å². The molecule has 0 amide bonds. The predicted octanol–water partition coefficient (Wildman–Crippen LogP) is -3.20. The van der Waals surface area contributed by atoms with Crippen molar-refractivity contribution in [3.05, 3.63) is 11.8 Å². The van der Waals surface area contributed by atoms with Gasteiger partial charge in [0, 0.05) is 12.1 Å². The van der Waals surface area contributed by atoms with Crippen molar-refractivity contribution in [1.82, 2.24) is 10.6 Å². The number of nitrogens with one attached hydrogen (secondary N) is 2. The Balaban J connectivity index is 1.75. The maximum Gasteiger partial charge on any atom is 0.215 e. The van der Waals surface area contributed by atoms with Gasteiger partial charge in [0.2, 0.25) is 6.29 Å². The summed E-state index contributed by atoms with van der Waals surface area (Å²) in [5, 5.41) is 38.8. The fraction of sp³-hybridized carbons (Fsp3) is 0.905. The van der Waals surface area contributed by atoms with Gasteiger partial charge in [-0.3, -0.25) is 0 Å². The molecule has 33 heavy (non-hydrogen) atoms. The van der Waals surface area contributed by atoms with Crippen LogP contribution in [-0.2, 0) is 18.9 Å². The van der Waals surface area contributed by atoms with Crippen LogP contribution in [0.3, 0.4) is 0 Å². The van der Waals surface area contributed by atoms with Crippen LogP contribution in [0.2, 0.25) is 0 Å². The van der Waals surface area contributed by atoms with E-state index in [4.69, 9.17) is 36.1 Å². The molecule has 0 spiro atoms. The zero-order valence-corrected chi connectivity index (χ0v) is 19.6. The van der Waals surface area contributed by atoms with Crippen molar-refractivity contribution in [2.45, 2.75) is 93.5 Å². The van der Waals surface area contributed by atoms with Gasteiger partial charge in [0.15, 0.2) is 6.29 Å². The third kappa shape index (κ3) is 5.85. The van der Waals surface area contributed by atoms with Crippen molar-refractivity contribution in [3.63, 3.8) is 0 Å². The molecule has 1 saturated heterocycles. The van der Waals surface area contributed by atoms with Gasteiger partial charge >= 0.3 is 0 Å². The third-order valence-electron chi connectivity index (χ3n) is 6.64. The Morgan fingerprint density at radius 1 is 1.15 bits per heavy atom. The lowest BCUT2D eigenvalue weighted by molar-refractivity contribution is -0.304. The summed E-state index contributed by atoms with van der Waals surface area (Å²) in [5.74, 6) is 0.572. The zero-order chi connectivity index (χ0) is 24.3. The van der Waals surface area contributed by atoms with Crippen molar-refractivity contribution in [2.75, 3.05) is 26.7 Å². The number of aliphatic hydroxyl groups excluding tert-OH is 2. The molecule has 2 heterocycles. The molecule has 11 N–H and O–H groups in total. The number of hydrogen-bond acceptors (Lipinski definition) is 12. The van der Waals surface area contributed by atoms with Crippen molar-refractivity contribution in [2.24, 2.45) is 17.2 Å². The minimum atomic E-state index is -1.28. The second kappa shape index (κ2) is 11.2. The summed E-state index contributed by atoms with van der Waals surface area (Å²) < 4.78 is 23.6. The smallest absolute Gasteiger partial charge is 0.215 e. The van der Waals surface area contributed by atoms with Gasteiger partial charge in [-0.05, 0) is 39.4 Å². The number of rotatable bonds is 8. The van der Waals surface area contributed by atoms with Crippen molar-refractivity contribution >= 4 is 0 Å². The number of hydrogen-bond donors (Lipinski definition) is 8. The number of likely N-dealkylation sites (N-methyl/N-ethyl adjacent to an activating group) is 2. The standard InChI is InChI=1S/C21H41N5O7/c1-4-26-13-7-12(24)16(32-19-11(23)6-5-10(8-22)31-19)14(27)17(13)33-20-15(28)18(25-3)21(2,29)9-30-20/h5,11-20,25-29H,4,6-9,22-24H2,1-3H3/t11-,12-,13+,14+,15-,16+,17-,18+,19-,20-,21+/m1/s1. The summed E-state index contributed by atoms with van der Waals surface area (Å²) in [6.45, 7) is 4.30. The largest absolute Gasteiger partial charge is 0.467 e. The van der Waals surface area contributed by atoms with Crippen molar-refractivity contribution in [3.8, 4) is 0 Å². The van der Waals surface area contributed by atoms with E-state index in [0.717, 1.165) is 0 Å². The Bertz CT molecular complexity index is 669. The molecule has 192 valence electrons. The Hall–Kier alpha value is -0.900. The molecule has 2 aliphatic heterocycles. The van der Waals surface area contributed by atoms with Crippen LogP contribution in [0.1, 0.15) is 26.7 Å². The van der Waals surface area contributed by atoms with E-state index in [-0.39, 0.29) is 19.2 Å². The molecule has 12 heteroatoms. The quantitative estimate of drug-likeness (QED) is 0.175. The van der Waals surface area contributed by atoms with E-state index in [1.165, 1.54) is 0 Å². The van der Waals surface area contributed by atoms with Crippen molar-refractivity contribution < 1.29 is 34.3 Å². The number of nitrogens with two attached hydrogens (primary N) is 3. The SMILES string of the molecule is CCN[C@H]1C[C@@H](N)[C@H](O[C@H]2OC(CN)=CC[C@H]2N)[C@H](O)[C@@H]1O[C@H]1OC[C@](C)(O)[C@@H](NC)[C@H]1O. The molecule has 0 aromatic carbocycles. The second-order valence-electron chi connectivity index (χ2n) is 9.31. The molecular formula is C21H41N5O7. The highest BCUT2D eigenvalue weighted by Crippen LogP contribution is 2.31. The lowest BCUT2D eigenvalue weighted by Gasteiger charge is -2.49. The summed E-state index contributed by atoms with van der Waals surface area (Å²) in [5.41, 5.74) is 16.9. The molecule has 0 bridgehead atoms. The molecule has 0 aromatic heterocycles. The van der Waals surface area contributed by atoms with Gasteiger partial charge in [-0.1, -0.05) is 6.92 Å². The van der Waals surface area contributed by atoms with E-state index in [1.807, 2.05) is 13.0 Å². The van der Waals surface area contributed by atoms with E-state index >= 15 is 0 Å². The minimum Gasteiger partial charge on any atom is -0.467 e. The monoisotopic (exact) mass is 475 g/mol. The molecular weight excluding hydrogens is 434 g/mol. The van der Waals surface area contributed by atoms with E-state index in [0.29, 0.717) is 25.1 Å². The van der Waals surface area contributed by atoms with Gasteiger partial charge < -0.3 is 62.1 Å². The maximum absolute atomic E-state index is 11.3. The van der Waals surface area contributed by atoms with Crippen LogP contribution in [0, 0.1) is 0 Å². The molecule has 2 fully saturated rings. The van der Waals surface area contributed by atoms with Crippen LogP contribution in [0.25, 0.3) is 0 Å². The highest BCUT2D eigenvalue weighted by molar-refractivity contribution is 5.05. The fourth-order valence-corrected chi connectivity index (χ4v) is 4.86. The van der Waals surface area contributed by atoms with Gasteiger partial charge in [0.1, 0.15) is 35.8 Å². The van der Waals surface area contributed by atoms with E-state index in [2.05, 4.69) is 10.6 Å². The summed E-state index contributed by atoms with van der Waals surface area (Å²) in [7, 11) is 1.64. The van der Waals surface area contributed by atoms with Crippen LogP contribution < -0.4 is 27.8 Å². The normalized spacial score (nSPS) is 46.5. The van der Waals surface area contributed by atoms with Crippen LogP contribution in [-0.4, -0.2) is 109 Å². The van der Waals surface area contributed by atoms with Gasteiger partial charge in [-0.15, -0.1) is 0 Å². The molecule has 1 aliphatic carbocycles. The summed E-state index contributed by atoms with van der Waals surface area (Å²) in [4.78, 5) is 0. The Kier molecular flexibility index (Phi) is 9.08. The lowest BCUT2D eigenvalue weighted by Crippen LogP contribution is -2.69. The molecule has 0 radical (unpaired) electrons. The molecule has 12 nitrogen and oxygen atoms in total. The van der Waals surface area contributed by atoms with Gasteiger partial charge in [0.25, 0.3) is 0 Å². The molecule has 3 rings (SSSR count). The molecule has 11 atom stereocenters. The Morgan fingerprint density at radius 2 is 1.85 bits per heavy atom. The summed E-state index contributed by atoms with van der Waals surface area (Å²) >= 11 is 0. The first-order valence-electron chi connectivity index (χ1n) is 11.6. The van der Waals surface area contributed by atoms with Crippen LogP contribution in [0.4, 0.5) is 0 Å². The number of ether oxygens (including phenoxy) is 4. The molecule has 0 aromatic rings. The average molecular weight is 476 g/mol. The van der Waals surface area contributed by atoms with Crippen LogP contribution in [0.5, 0.6) is 0 Å². The zero-order valence-electron chi connectivity index (χ0n) is 19.6. The predicted molar refractivity (Wildman–Crippen MR) is 120 cm³/mol. The van der Waals surface area contributed by atoms with Gasteiger partial charge in [0.05, 0.1) is 25.2 Å². The van der Waals surface area contributed by atoms with E-state index < -0.39 is 60.7 Å². The second-order valence-corrected chi connectivity index (χ2v) is 9.31. The fourth-order valence-electron chi connectivity index (χ4n) is 4.86. The average Bonchev–Trinajstić information content (AvgIpc) is 2.76. The highest BCUT2D eigenvalue weighted by Gasteiger charge is 2.51. The first kappa shape index (κ1) is 26.7. The minimum absolute atomic E-state index is 0.0483. The third-order valence-corrected chi connectivity index (χ3v) is 6.64. The van der Waals surface area contributed by atoms with Crippen LogP contribution >= 0.6 is 0 Å². The van der Waals surface area contributed by atoms with Crippen molar-refractivity contribution in [1.29, 1.82) is 0 Å². The summed E-state index contributed by atoms with van der Waals surface area (Å²) in [6, 6.07) is -1.95. The first-order valence-corrected chi connectivity index (χ1v) is 11.6. The topological polar surface area (TPSA) is 200 Å². The number of aliphatic hydroxyl groups is 3. The maximum atomic E-state index is 11.3. The Labute approximate surface area is 194 Å². The molecule has 0 unspecified atom stereocenters. The molecule has 3 aliphatic rings. The Morgan fingerprint density at radius 3 is 2.48 bits per heavy atom. The lowest BCUT2D eigenvalue weighted by atomic mass is 9.83. The summed E-state index contributed by atoms with van der Waals surface area (Å²) in [6.07, 6.45) is -3.05. The van der Waals surface area contributed by atoms with Gasteiger partial charge in [-0.25, -0.2) is 0 Å². The molecule has 1 saturated carbocycles.